The summed E-state index contributed by atoms with van der Waals surface area (Å²) in [6.45, 7) is 4.65. The van der Waals surface area contributed by atoms with E-state index in [9.17, 15) is 4.79 Å². The van der Waals surface area contributed by atoms with E-state index in [2.05, 4.69) is 17.1 Å². The van der Waals surface area contributed by atoms with Crippen molar-refractivity contribution in [3.8, 4) is 0 Å². The van der Waals surface area contributed by atoms with Crippen LogP contribution < -0.4 is 5.32 Å². The molecule has 1 aromatic heterocycles. The van der Waals surface area contributed by atoms with E-state index in [0.717, 1.165) is 4.88 Å². The fourth-order valence-electron chi connectivity index (χ4n) is 3.32. The molecule has 19 heavy (non-hydrogen) atoms. The lowest BCUT2D eigenvalue weighted by molar-refractivity contribution is 0.0218. The number of hydrogen-bond donors (Lipinski definition) is 1. The summed E-state index contributed by atoms with van der Waals surface area (Å²) in [5, 5.41) is 3.27. The smallest absolute Gasteiger partial charge is 0.261 e. The van der Waals surface area contributed by atoms with Crippen LogP contribution >= 0.6 is 23.1 Å². The average Bonchev–Trinajstić information content (AvgIpc) is 2.92. The predicted molar refractivity (Wildman–Crippen MR) is 81.1 cm³/mol. The van der Waals surface area contributed by atoms with E-state index in [1.54, 1.807) is 23.1 Å². The van der Waals surface area contributed by atoms with Crippen LogP contribution in [-0.2, 0) is 0 Å². The molecule has 0 unspecified atom stereocenters. The van der Waals surface area contributed by atoms with Crippen LogP contribution in [-0.4, -0.2) is 42.2 Å². The Bertz CT molecular complexity index is 464. The summed E-state index contributed by atoms with van der Waals surface area (Å²) in [5.41, 5.74) is 0. The Morgan fingerprint density at radius 2 is 2.16 bits per heavy atom. The van der Waals surface area contributed by atoms with Crippen LogP contribution in [0.25, 0.3) is 0 Å². The largest absolute Gasteiger partial charge is 0.347 e. The highest BCUT2D eigenvalue weighted by Gasteiger charge is 2.40. The Morgan fingerprint density at radius 1 is 1.42 bits per heavy atom. The molecule has 1 aromatic rings. The first kappa shape index (κ1) is 13.5. The van der Waals surface area contributed by atoms with Crippen molar-refractivity contribution in [2.24, 2.45) is 5.92 Å². The summed E-state index contributed by atoms with van der Waals surface area (Å²) in [4.78, 5) is 15.7. The van der Waals surface area contributed by atoms with E-state index in [-0.39, 0.29) is 5.91 Å². The third-order valence-electron chi connectivity index (χ3n) is 4.48. The van der Waals surface area contributed by atoms with Crippen LogP contribution in [0.5, 0.6) is 0 Å². The normalized spacial score (nSPS) is 33.4. The van der Waals surface area contributed by atoms with E-state index in [0.29, 0.717) is 18.0 Å². The molecular weight excluding hydrogens is 275 g/mol. The van der Waals surface area contributed by atoms with Gasteiger partial charge in [-0.15, -0.1) is 23.1 Å². The highest BCUT2D eigenvalue weighted by Crippen LogP contribution is 2.32. The van der Waals surface area contributed by atoms with Gasteiger partial charge in [-0.05, 0) is 57.2 Å². The summed E-state index contributed by atoms with van der Waals surface area (Å²) in [6, 6.07) is 4.79. The first-order valence-electron chi connectivity index (χ1n) is 6.88. The van der Waals surface area contributed by atoms with Gasteiger partial charge >= 0.3 is 0 Å². The van der Waals surface area contributed by atoms with Crippen LogP contribution in [0.15, 0.2) is 16.3 Å². The molecule has 5 heteroatoms. The molecule has 3 saturated heterocycles. The van der Waals surface area contributed by atoms with Gasteiger partial charge in [0.15, 0.2) is 0 Å². The molecule has 0 spiro atoms. The molecule has 2 bridgehead atoms. The molecular formula is C14H20N2OS2. The minimum Gasteiger partial charge on any atom is -0.347 e. The lowest BCUT2D eigenvalue weighted by atomic mass is 9.77. The van der Waals surface area contributed by atoms with Crippen LogP contribution in [0.2, 0.25) is 0 Å². The molecule has 2 atom stereocenters. The van der Waals surface area contributed by atoms with Crippen LogP contribution in [0.1, 0.15) is 29.4 Å². The van der Waals surface area contributed by atoms with Gasteiger partial charge in [0.2, 0.25) is 0 Å². The maximum absolute atomic E-state index is 12.3. The number of nitrogens with one attached hydrogen (secondary N) is 1. The Balaban J connectivity index is 1.69. The second-order valence-corrected chi connectivity index (χ2v) is 7.63. The average molecular weight is 295 g/mol. The monoisotopic (exact) mass is 295 g/mol. The summed E-state index contributed by atoms with van der Waals surface area (Å²) in [5.74, 6) is 0.778. The molecule has 3 fully saturated rings. The Morgan fingerprint density at radius 3 is 2.74 bits per heavy atom. The fraction of sp³-hybridized carbons (Fsp3) is 0.643. The first-order valence-corrected chi connectivity index (χ1v) is 8.92. The fourth-order valence-corrected chi connectivity index (χ4v) is 4.77. The number of carbonyl (C=O) groups is 1. The molecule has 3 aliphatic rings. The van der Waals surface area contributed by atoms with Crippen molar-refractivity contribution < 1.29 is 4.79 Å². The molecule has 1 amide bonds. The summed E-state index contributed by atoms with van der Waals surface area (Å²) in [6.07, 6.45) is 4.51. The van der Waals surface area contributed by atoms with Crippen molar-refractivity contribution in [2.45, 2.75) is 36.1 Å². The van der Waals surface area contributed by atoms with Crippen molar-refractivity contribution in [1.29, 1.82) is 0 Å². The zero-order chi connectivity index (χ0) is 13.4. The van der Waals surface area contributed by atoms with Gasteiger partial charge in [-0.2, -0.15) is 0 Å². The van der Waals surface area contributed by atoms with Crippen molar-refractivity contribution >= 4 is 29.0 Å². The van der Waals surface area contributed by atoms with Gasteiger partial charge in [0, 0.05) is 12.1 Å². The topological polar surface area (TPSA) is 32.3 Å². The number of piperidine rings is 3. The van der Waals surface area contributed by atoms with Crippen molar-refractivity contribution in [1.82, 2.24) is 10.2 Å². The molecule has 1 N–H and O–H groups in total. The van der Waals surface area contributed by atoms with Gasteiger partial charge in [-0.25, -0.2) is 0 Å². The van der Waals surface area contributed by atoms with Crippen LogP contribution in [0, 0.1) is 5.92 Å². The molecule has 3 aliphatic heterocycles. The lowest BCUT2D eigenvalue weighted by Gasteiger charge is -2.49. The van der Waals surface area contributed by atoms with E-state index >= 15 is 0 Å². The van der Waals surface area contributed by atoms with Gasteiger partial charge < -0.3 is 5.32 Å². The van der Waals surface area contributed by atoms with Crippen LogP contribution in [0.3, 0.4) is 0 Å². The molecule has 0 aromatic carbocycles. The molecule has 0 aliphatic carbocycles. The highest BCUT2D eigenvalue weighted by atomic mass is 32.2. The third kappa shape index (κ3) is 2.56. The van der Waals surface area contributed by atoms with Gasteiger partial charge in [0.25, 0.3) is 5.91 Å². The molecule has 4 rings (SSSR count). The zero-order valence-corrected chi connectivity index (χ0v) is 13.0. The third-order valence-corrected chi connectivity index (χ3v) is 6.65. The molecule has 0 saturated carbocycles. The number of hydrogen-bond acceptors (Lipinski definition) is 4. The number of thiophene rings is 1. The second kappa shape index (κ2) is 5.46. The van der Waals surface area contributed by atoms with Gasteiger partial charge in [0.1, 0.15) is 0 Å². The number of rotatable bonds is 3. The van der Waals surface area contributed by atoms with Gasteiger partial charge in [-0.1, -0.05) is 0 Å². The van der Waals surface area contributed by atoms with Crippen molar-refractivity contribution in [3.05, 3.63) is 17.0 Å². The SMILES string of the molecule is CSc1ccc([11C](=O)N[C@@H]2C3CCN(CC3)[C@H]2C)s1. The van der Waals surface area contributed by atoms with Gasteiger partial charge in [0.05, 0.1) is 9.09 Å². The predicted octanol–water partition coefficient (Wildman–Crippen LogP) is 2.68. The summed E-state index contributed by atoms with van der Waals surface area (Å²) >= 11 is 3.28. The van der Waals surface area contributed by atoms with Crippen LogP contribution in [0.4, 0.5) is 0 Å². The number of amides is 1. The molecule has 104 valence electrons. The van der Waals surface area contributed by atoms with Gasteiger partial charge in [-0.3, -0.25) is 9.69 Å². The summed E-state index contributed by atoms with van der Waals surface area (Å²) < 4.78 is 1.20. The number of fused-ring (bicyclic) bond motifs is 3. The zero-order valence-electron chi connectivity index (χ0n) is 11.4. The van der Waals surface area contributed by atoms with Crippen molar-refractivity contribution in [2.75, 3.05) is 19.3 Å². The molecule has 4 heterocycles. The standard InChI is InChI=1S/C14H20N2OS2/c1-9-13(10-5-7-16(9)8-6-10)15-14(17)11-3-4-12(18-2)19-11/h3-4,9-10,13H,5-8H2,1-2H3,(H,15,17)/t9-,13-/m0/s1/i14-1. The van der Waals surface area contributed by atoms with Crippen molar-refractivity contribution in [3.63, 3.8) is 0 Å². The maximum atomic E-state index is 12.3. The lowest BCUT2D eigenvalue weighted by Crippen LogP contribution is -2.62. The number of thioether (sulfide) groups is 1. The molecule has 3 nitrogen and oxygen atoms in total. The Labute approximate surface area is 122 Å². The maximum Gasteiger partial charge on any atom is 0.261 e. The second-order valence-electron chi connectivity index (χ2n) is 5.44. The van der Waals surface area contributed by atoms with E-state index < -0.39 is 0 Å². The number of nitrogens with zero attached hydrogens (tertiary/aromatic N) is 1. The van der Waals surface area contributed by atoms with E-state index in [1.807, 2.05) is 18.4 Å². The quantitative estimate of drug-likeness (QED) is 0.870. The Kier molecular flexibility index (Phi) is 3.87. The minimum absolute atomic E-state index is 0.107. The molecule has 0 radical (unpaired) electrons. The highest BCUT2D eigenvalue weighted by molar-refractivity contribution is 8.00. The number of carbonyl (C=O) groups excluding carboxylic acids is 1. The minimum atomic E-state index is 0.107. The van der Waals surface area contributed by atoms with E-state index in [4.69, 9.17) is 0 Å². The Hall–Kier alpha value is -0.520. The van der Waals surface area contributed by atoms with E-state index in [1.165, 1.54) is 30.1 Å². The first-order chi connectivity index (χ1) is 9.19. The summed E-state index contributed by atoms with van der Waals surface area (Å²) in [7, 11) is 0.